The molecule has 1 aromatic heterocycles. The van der Waals surface area contributed by atoms with Crippen molar-refractivity contribution in [3.63, 3.8) is 0 Å². The summed E-state index contributed by atoms with van der Waals surface area (Å²) >= 11 is 0. The number of carbonyl (C=O) groups excluding carboxylic acids is 1. The second-order valence-electron chi connectivity index (χ2n) is 9.48. The molecule has 4 rings (SSSR count). The number of hydrogen-bond donors (Lipinski definition) is 2. The van der Waals surface area contributed by atoms with Crippen LogP contribution in [0.15, 0.2) is 47.8 Å². The fourth-order valence-corrected chi connectivity index (χ4v) is 5.69. The zero-order valence-corrected chi connectivity index (χ0v) is 18.3. The van der Waals surface area contributed by atoms with Crippen LogP contribution in [0.4, 0.5) is 0 Å². The minimum atomic E-state index is -0.715. The van der Waals surface area contributed by atoms with Crippen LogP contribution in [-0.2, 0) is 11.3 Å². The van der Waals surface area contributed by atoms with Gasteiger partial charge in [-0.3, -0.25) is 9.78 Å². The van der Waals surface area contributed by atoms with Gasteiger partial charge in [-0.1, -0.05) is 30.7 Å². The van der Waals surface area contributed by atoms with Gasteiger partial charge >= 0.3 is 0 Å². The molecule has 3 aliphatic carbocycles. The number of hydrogen-bond acceptors (Lipinski definition) is 4. The van der Waals surface area contributed by atoms with Gasteiger partial charge in [-0.05, 0) is 80.4 Å². The smallest absolute Gasteiger partial charge is 0.133 e. The van der Waals surface area contributed by atoms with Crippen LogP contribution in [0.3, 0.4) is 0 Å². The molecule has 0 radical (unpaired) electrons. The van der Waals surface area contributed by atoms with Gasteiger partial charge in [-0.25, -0.2) is 0 Å². The summed E-state index contributed by atoms with van der Waals surface area (Å²) in [6, 6.07) is 4.54. The second kappa shape index (κ2) is 9.57. The van der Waals surface area contributed by atoms with Crippen molar-refractivity contribution in [3.8, 4) is 0 Å². The molecule has 0 spiro atoms. The Bertz CT molecular complexity index is 801. The van der Waals surface area contributed by atoms with Gasteiger partial charge in [-0.2, -0.15) is 0 Å². The monoisotopic (exact) mass is 408 g/mol. The van der Waals surface area contributed by atoms with Crippen molar-refractivity contribution in [3.05, 3.63) is 53.4 Å². The van der Waals surface area contributed by atoms with Crippen LogP contribution in [0.2, 0.25) is 0 Å². The summed E-state index contributed by atoms with van der Waals surface area (Å²) in [4.78, 5) is 16.1. The van der Waals surface area contributed by atoms with E-state index in [9.17, 15) is 9.90 Å². The highest BCUT2D eigenvalue weighted by Crippen LogP contribution is 2.47. The number of pyridine rings is 1. The normalized spacial score (nSPS) is 29.9. The summed E-state index contributed by atoms with van der Waals surface area (Å²) in [6.45, 7) is 3.08. The Morgan fingerprint density at radius 1 is 1.33 bits per heavy atom. The molecule has 30 heavy (non-hydrogen) atoms. The van der Waals surface area contributed by atoms with Gasteiger partial charge in [0.1, 0.15) is 5.78 Å². The Kier molecular flexibility index (Phi) is 6.84. The molecule has 1 heterocycles. The molecule has 0 amide bonds. The summed E-state index contributed by atoms with van der Waals surface area (Å²) in [5, 5.41) is 15.5. The van der Waals surface area contributed by atoms with Gasteiger partial charge in [0.15, 0.2) is 0 Å². The molecule has 4 heteroatoms. The van der Waals surface area contributed by atoms with Crippen LogP contribution in [-0.4, -0.2) is 27.5 Å². The first-order valence-electron chi connectivity index (χ1n) is 11.9. The number of aromatic nitrogens is 1. The molecular weight excluding hydrogens is 372 g/mol. The summed E-state index contributed by atoms with van der Waals surface area (Å²) in [5.74, 6) is 1.05. The first-order chi connectivity index (χ1) is 14.6. The molecule has 0 aliphatic heterocycles. The van der Waals surface area contributed by atoms with Gasteiger partial charge < -0.3 is 10.4 Å². The number of nitrogens with zero attached hydrogens (tertiary/aromatic N) is 1. The molecule has 4 nitrogen and oxygen atoms in total. The Morgan fingerprint density at radius 3 is 3.03 bits per heavy atom. The molecule has 1 aromatic rings. The molecule has 2 unspecified atom stereocenters. The standard InChI is InChI=1S/C26H36N2O2/c1-2-24(28-18-19-5-4-14-27-17-19)10-9-22-6-3-7-23-15-20-8-11-25(29)16-21(20)12-13-26(22,23)30/h4-5,7,14-15,17,21-22,24,28,30H,2-3,6,8-13,16,18H2,1H3/t21?,22-,24?,26-/m0/s1. The lowest BCUT2D eigenvalue weighted by Crippen LogP contribution is -2.42. The molecule has 2 N–H and O–H groups in total. The van der Waals surface area contributed by atoms with Crippen LogP contribution in [0.5, 0.6) is 0 Å². The predicted molar refractivity (Wildman–Crippen MR) is 120 cm³/mol. The molecule has 162 valence electrons. The van der Waals surface area contributed by atoms with Gasteiger partial charge in [0.05, 0.1) is 5.60 Å². The Balaban J connectivity index is 1.39. The molecule has 0 aromatic carbocycles. The number of fused-ring (bicyclic) bond motifs is 2. The van der Waals surface area contributed by atoms with Crippen LogP contribution >= 0.6 is 0 Å². The molecule has 1 saturated carbocycles. The van der Waals surface area contributed by atoms with E-state index in [2.05, 4.69) is 35.4 Å². The predicted octanol–water partition coefficient (Wildman–Crippen LogP) is 4.89. The first-order valence-corrected chi connectivity index (χ1v) is 11.9. The van der Waals surface area contributed by atoms with E-state index in [1.165, 1.54) is 11.1 Å². The van der Waals surface area contributed by atoms with Crippen molar-refractivity contribution < 1.29 is 9.90 Å². The van der Waals surface area contributed by atoms with E-state index in [1.54, 1.807) is 0 Å². The lowest BCUT2D eigenvalue weighted by Gasteiger charge is -2.41. The number of allylic oxidation sites excluding steroid dienone is 2. The van der Waals surface area contributed by atoms with Crippen molar-refractivity contribution in [2.75, 3.05) is 0 Å². The fraction of sp³-hybridized carbons (Fsp3) is 0.615. The van der Waals surface area contributed by atoms with E-state index >= 15 is 0 Å². The van der Waals surface area contributed by atoms with E-state index in [-0.39, 0.29) is 0 Å². The molecular formula is C26H36N2O2. The number of nitrogens with one attached hydrogen (secondary N) is 1. The average Bonchev–Trinajstić information content (AvgIpc) is 2.91. The SMILES string of the molecule is CCC(CC[C@@H]1CCC=C2C=C3CCC(=O)CC3CC[C@@]21O)NCc1cccnc1. The largest absolute Gasteiger partial charge is 0.385 e. The molecule has 4 atom stereocenters. The third-order valence-electron chi connectivity index (χ3n) is 7.63. The van der Waals surface area contributed by atoms with Gasteiger partial charge in [0, 0.05) is 37.8 Å². The first kappa shape index (κ1) is 21.5. The Labute approximate surface area is 180 Å². The maximum Gasteiger partial charge on any atom is 0.133 e. The molecule has 1 fully saturated rings. The van der Waals surface area contributed by atoms with Crippen molar-refractivity contribution in [2.24, 2.45) is 11.8 Å². The maximum absolute atomic E-state index is 11.9. The molecule has 3 aliphatic rings. The van der Waals surface area contributed by atoms with Crippen LogP contribution in [0.1, 0.15) is 76.7 Å². The van der Waals surface area contributed by atoms with Crippen LogP contribution in [0, 0.1) is 11.8 Å². The van der Waals surface area contributed by atoms with E-state index in [0.29, 0.717) is 36.5 Å². The van der Waals surface area contributed by atoms with Gasteiger partial charge in [-0.15, -0.1) is 0 Å². The summed E-state index contributed by atoms with van der Waals surface area (Å²) in [5.41, 5.74) is 3.04. The van der Waals surface area contributed by atoms with Crippen molar-refractivity contribution >= 4 is 5.78 Å². The minimum absolute atomic E-state index is 0.305. The van der Waals surface area contributed by atoms with E-state index in [0.717, 1.165) is 63.5 Å². The summed E-state index contributed by atoms with van der Waals surface area (Å²) in [6.07, 6.45) is 17.6. The zero-order valence-electron chi connectivity index (χ0n) is 18.3. The third kappa shape index (κ3) is 4.76. The van der Waals surface area contributed by atoms with E-state index in [4.69, 9.17) is 0 Å². The Hall–Kier alpha value is -1.78. The number of ketones is 1. The summed E-state index contributed by atoms with van der Waals surface area (Å²) < 4.78 is 0. The molecule has 0 bridgehead atoms. The quantitative estimate of drug-likeness (QED) is 0.674. The highest BCUT2D eigenvalue weighted by Gasteiger charge is 2.43. The highest BCUT2D eigenvalue weighted by atomic mass is 16.3. The van der Waals surface area contributed by atoms with Gasteiger partial charge in [0.25, 0.3) is 0 Å². The third-order valence-corrected chi connectivity index (χ3v) is 7.63. The maximum atomic E-state index is 11.9. The lowest BCUT2D eigenvalue weighted by atomic mass is 9.70. The number of aliphatic hydroxyl groups is 1. The van der Waals surface area contributed by atoms with Crippen molar-refractivity contribution in [1.29, 1.82) is 0 Å². The highest BCUT2D eigenvalue weighted by molar-refractivity contribution is 5.80. The van der Waals surface area contributed by atoms with Crippen molar-refractivity contribution in [2.45, 2.75) is 89.3 Å². The number of Topliss-reactive ketones (excluding diaryl/α,β-unsaturated/α-hetero) is 1. The van der Waals surface area contributed by atoms with Crippen LogP contribution in [0.25, 0.3) is 0 Å². The number of rotatable bonds is 7. The molecule has 0 saturated heterocycles. The van der Waals surface area contributed by atoms with Crippen molar-refractivity contribution in [1.82, 2.24) is 10.3 Å². The number of carbonyl (C=O) groups is 1. The lowest BCUT2D eigenvalue weighted by molar-refractivity contribution is -0.120. The summed E-state index contributed by atoms with van der Waals surface area (Å²) in [7, 11) is 0. The van der Waals surface area contributed by atoms with Gasteiger partial charge in [0.2, 0.25) is 0 Å². The topological polar surface area (TPSA) is 62.2 Å². The Morgan fingerprint density at radius 2 is 2.23 bits per heavy atom. The van der Waals surface area contributed by atoms with Crippen LogP contribution < -0.4 is 5.32 Å². The zero-order chi connectivity index (χ0) is 21.0. The fourth-order valence-electron chi connectivity index (χ4n) is 5.69. The average molecular weight is 409 g/mol. The minimum Gasteiger partial charge on any atom is -0.385 e. The van der Waals surface area contributed by atoms with E-state index < -0.39 is 5.60 Å². The second-order valence-corrected chi connectivity index (χ2v) is 9.48. The van der Waals surface area contributed by atoms with E-state index in [1.807, 2.05) is 18.5 Å².